The molecule has 19 heavy (non-hydrogen) atoms. The Balaban J connectivity index is 2.69. The van der Waals surface area contributed by atoms with Gasteiger partial charge in [-0.05, 0) is 23.9 Å². The van der Waals surface area contributed by atoms with Gasteiger partial charge < -0.3 is 9.14 Å². The summed E-state index contributed by atoms with van der Waals surface area (Å²) in [5.74, 6) is -0.841. The molecule has 0 aliphatic rings. The van der Waals surface area contributed by atoms with Crippen LogP contribution in [-0.4, -0.2) is 23.0 Å². The number of methoxy groups -OCH3 is 1. The van der Waals surface area contributed by atoms with Gasteiger partial charge in [-0.2, -0.15) is 13.2 Å². The minimum absolute atomic E-state index is 0.169. The van der Waals surface area contributed by atoms with Crippen LogP contribution in [0.25, 0.3) is 5.52 Å². The third kappa shape index (κ3) is 2.82. The first-order valence-electron chi connectivity index (χ1n) is 4.97. The number of carbonyl (C=O) groups excluding carboxylic acids is 1. The van der Waals surface area contributed by atoms with Crippen LogP contribution in [0.3, 0.4) is 0 Å². The van der Waals surface area contributed by atoms with Crippen molar-refractivity contribution in [3.63, 3.8) is 0 Å². The highest BCUT2D eigenvalue weighted by Crippen LogP contribution is 2.42. The molecule has 0 saturated heterocycles. The molecule has 0 amide bonds. The van der Waals surface area contributed by atoms with Crippen LogP contribution in [0.2, 0.25) is 5.15 Å². The first kappa shape index (κ1) is 14.1. The highest BCUT2D eigenvalue weighted by molar-refractivity contribution is 8.00. The molecule has 0 aliphatic heterocycles. The molecule has 0 radical (unpaired) electrons. The lowest BCUT2D eigenvalue weighted by Crippen LogP contribution is -2.04. The molecule has 3 nitrogen and oxygen atoms in total. The summed E-state index contributed by atoms with van der Waals surface area (Å²) in [6, 6.07) is 4.48. The number of hydrogen-bond acceptors (Lipinski definition) is 3. The molecule has 2 heterocycles. The lowest BCUT2D eigenvalue weighted by molar-refractivity contribution is -0.0327. The summed E-state index contributed by atoms with van der Waals surface area (Å²) < 4.78 is 43.5. The van der Waals surface area contributed by atoms with Crippen molar-refractivity contribution in [3.8, 4) is 0 Å². The van der Waals surface area contributed by atoms with Crippen LogP contribution in [0.5, 0.6) is 0 Å². The predicted octanol–water partition coefficient (Wildman–Crippen LogP) is 3.99. The number of fused-ring (bicyclic) bond motifs is 1. The summed E-state index contributed by atoms with van der Waals surface area (Å²) in [6.45, 7) is 0. The van der Waals surface area contributed by atoms with Gasteiger partial charge >= 0.3 is 11.5 Å². The Morgan fingerprint density at radius 1 is 1.42 bits per heavy atom. The monoisotopic (exact) mass is 309 g/mol. The molecule has 0 fully saturated rings. The number of alkyl halides is 3. The van der Waals surface area contributed by atoms with E-state index in [-0.39, 0.29) is 32.9 Å². The Kier molecular flexibility index (Phi) is 3.69. The Morgan fingerprint density at radius 3 is 2.68 bits per heavy atom. The van der Waals surface area contributed by atoms with E-state index in [0.29, 0.717) is 0 Å². The molecular formula is C11H7ClF3NO2S. The van der Waals surface area contributed by atoms with Gasteiger partial charge in [0.25, 0.3) is 0 Å². The summed E-state index contributed by atoms with van der Waals surface area (Å²) in [5, 5.41) is 0.205. The smallest absolute Gasteiger partial charge is 0.446 e. The maximum Gasteiger partial charge on any atom is 0.446 e. The van der Waals surface area contributed by atoms with Gasteiger partial charge in [0.1, 0.15) is 5.15 Å². The largest absolute Gasteiger partial charge is 0.465 e. The van der Waals surface area contributed by atoms with Crippen LogP contribution in [0.1, 0.15) is 10.4 Å². The SMILES string of the molecule is COC(=O)c1cn2c(Cl)cccc2c1SC(F)(F)F. The summed E-state index contributed by atoms with van der Waals surface area (Å²) >= 11 is 5.52. The first-order chi connectivity index (χ1) is 8.83. The summed E-state index contributed by atoms with van der Waals surface area (Å²) in [6.07, 6.45) is 1.23. The molecule has 0 aromatic carbocycles. The van der Waals surface area contributed by atoms with E-state index in [0.717, 1.165) is 7.11 Å². The predicted molar refractivity (Wildman–Crippen MR) is 65.7 cm³/mol. The van der Waals surface area contributed by atoms with Gasteiger partial charge in [-0.1, -0.05) is 17.7 Å². The van der Waals surface area contributed by atoms with Gasteiger partial charge in [0.2, 0.25) is 0 Å². The number of nitrogens with zero attached hydrogens (tertiary/aromatic N) is 1. The quantitative estimate of drug-likeness (QED) is 0.477. The van der Waals surface area contributed by atoms with Gasteiger partial charge in [-0.15, -0.1) is 0 Å². The van der Waals surface area contributed by atoms with E-state index < -0.39 is 11.5 Å². The molecule has 2 rings (SSSR count). The number of carbonyl (C=O) groups is 1. The number of esters is 1. The molecule has 0 aliphatic carbocycles. The minimum atomic E-state index is -4.51. The number of thioether (sulfide) groups is 1. The van der Waals surface area contributed by atoms with Crippen LogP contribution in [0, 0.1) is 0 Å². The average Bonchev–Trinajstić information content (AvgIpc) is 2.67. The van der Waals surface area contributed by atoms with Crippen LogP contribution in [-0.2, 0) is 4.74 Å². The summed E-state index contributed by atoms with van der Waals surface area (Å²) in [7, 11) is 1.11. The second kappa shape index (κ2) is 4.97. The average molecular weight is 310 g/mol. The lowest BCUT2D eigenvalue weighted by atomic mass is 10.3. The molecule has 0 atom stereocenters. The van der Waals surface area contributed by atoms with Crippen molar-refractivity contribution in [1.29, 1.82) is 0 Å². The van der Waals surface area contributed by atoms with Crippen molar-refractivity contribution < 1.29 is 22.7 Å². The van der Waals surface area contributed by atoms with Crippen LogP contribution >= 0.6 is 23.4 Å². The molecule has 0 saturated carbocycles. The van der Waals surface area contributed by atoms with Crippen molar-refractivity contribution in [1.82, 2.24) is 4.40 Å². The third-order valence-corrected chi connectivity index (χ3v) is 3.51. The standard InChI is InChI=1S/C11H7ClF3NO2S/c1-18-10(17)6-5-16-7(3-2-4-8(16)12)9(6)19-11(13,14)15/h2-5H,1H3. The van der Waals surface area contributed by atoms with Gasteiger partial charge in [-0.3, -0.25) is 0 Å². The fraction of sp³-hybridized carbons (Fsp3) is 0.182. The summed E-state index contributed by atoms with van der Waals surface area (Å²) in [4.78, 5) is 11.3. The zero-order chi connectivity index (χ0) is 14.2. The molecule has 102 valence electrons. The van der Waals surface area contributed by atoms with Crippen LogP contribution in [0.4, 0.5) is 13.2 Å². The lowest BCUT2D eigenvalue weighted by Gasteiger charge is -2.06. The molecule has 0 N–H and O–H groups in total. The molecule has 0 bridgehead atoms. The highest BCUT2D eigenvalue weighted by Gasteiger charge is 2.34. The van der Waals surface area contributed by atoms with E-state index in [2.05, 4.69) is 4.74 Å². The maximum absolute atomic E-state index is 12.6. The Hall–Kier alpha value is -1.34. The van der Waals surface area contributed by atoms with Crippen molar-refractivity contribution in [2.24, 2.45) is 0 Å². The number of hydrogen-bond donors (Lipinski definition) is 0. The summed E-state index contributed by atoms with van der Waals surface area (Å²) in [5.41, 5.74) is -4.47. The number of halogens is 4. The minimum Gasteiger partial charge on any atom is -0.465 e. The molecule has 0 unspecified atom stereocenters. The third-order valence-electron chi connectivity index (χ3n) is 2.34. The topological polar surface area (TPSA) is 30.7 Å². The fourth-order valence-corrected chi connectivity index (χ4v) is 2.58. The van der Waals surface area contributed by atoms with Gasteiger partial charge in [0.05, 0.1) is 23.1 Å². The second-order valence-electron chi connectivity index (χ2n) is 3.52. The van der Waals surface area contributed by atoms with E-state index >= 15 is 0 Å². The van der Waals surface area contributed by atoms with E-state index in [1.54, 1.807) is 0 Å². The Morgan fingerprint density at radius 2 is 2.11 bits per heavy atom. The van der Waals surface area contributed by atoms with Crippen LogP contribution < -0.4 is 0 Å². The number of aromatic nitrogens is 1. The zero-order valence-corrected chi connectivity index (χ0v) is 11.1. The van der Waals surface area contributed by atoms with Crippen molar-refractivity contribution in [2.45, 2.75) is 10.4 Å². The second-order valence-corrected chi connectivity index (χ2v) is 4.98. The Labute approximate surface area is 115 Å². The van der Waals surface area contributed by atoms with E-state index in [1.807, 2.05) is 0 Å². The molecular weight excluding hydrogens is 303 g/mol. The van der Waals surface area contributed by atoms with Gasteiger partial charge in [0, 0.05) is 6.20 Å². The zero-order valence-electron chi connectivity index (χ0n) is 9.49. The molecule has 2 aromatic heterocycles. The molecule has 8 heteroatoms. The number of pyridine rings is 1. The molecule has 0 spiro atoms. The van der Waals surface area contributed by atoms with Crippen molar-refractivity contribution in [2.75, 3.05) is 7.11 Å². The normalized spacial score (nSPS) is 11.8. The highest BCUT2D eigenvalue weighted by atomic mass is 35.5. The maximum atomic E-state index is 12.6. The number of rotatable bonds is 2. The first-order valence-corrected chi connectivity index (χ1v) is 6.16. The van der Waals surface area contributed by atoms with Gasteiger partial charge in [-0.25, -0.2) is 4.79 Å². The van der Waals surface area contributed by atoms with Crippen molar-refractivity contribution in [3.05, 3.63) is 35.1 Å². The number of ether oxygens (including phenoxy) is 1. The molecule has 2 aromatic rings. The van der Waals surface area contributed by atoms with Crippen molar-refractivity contribution >= 4 is 34.8 Å². The van der Waals surface area contributed by atoms with E-state index in [4.69, 9.17) is 11.6 Å². The van der Waals surface area contributed by atoms with Crippen LogP contribution in [0.15, 0.2) is 29.3 Å². The fourth-order valence-electron chi connectivity index (χ4n) is 1.61. The Bertz CT molecular complexity index is 639. The van der Waals surface area contributed by atoms with Gasteiger partial charge in [0.15, 0.2) is 0 Å². The van der Waals surface area contributed by atoms with E-state index in [9.17, 15) is 18.0 Å². The van der Waals surface area contributed by atoms with E-state index in [1.165, 1.54) is 28.8 Å².